The van der Waals surface area contributed by atoms with Crippen LogP contribution in [0.3, 0.4) is 0 Å². The third kappa shape index (κ3) is 189. The lowest BCUT2D eigenvalue weighted by molar-refractivity contribution is 0.816. The Kier molecular flexibility index (Phi) is 107. The van der Waals surface area contributed by atoms with Crippen LogP contribution in [0, 0.1) is 0 Å². The van der Waals surface area contributed by atoms with Crippen LogP contribution >= 0.6 is 0 Å². The fourth-order valence-electron chi connectivity index (χ4n) is 0.697. The number of hydrogen-bond acceptors (Lipinski definition) is 0. The molecule has 0 heteroatoms. The lowest BCUT2D eigenvalue weighted by atomic mass is 10.3. The Bertz CT molecular complexity index is 213. The topological polar surface area (TPSA) is 0 Å². The minimum Gasteiger partial charge on any atom is -0.103 e. The van der Waals surface area contributed by atoms with E-state index in [0.717, 1.165) is 25.7 Å². The molecule has 0 aliphatic heterocycles. The summed E-state index contributed by atoms with van der Waals surface area (Å²) in [4.78, 5) is 0. The fourth-order valence-corrected chi connectivity index (χ4v) is 0.697. The first-order valence-corrected chi connectivity index (χ1v) is 11.1. The first-order valence-electron chi connectivity index (χ1n) is 11.1. The Hall–Kier alpha value is -1.56. The van der Waals surface area contributed by atoms with Crippen LogP contribution in [0.4, 0.5) is 0 Å². The minimum atomic E-state index is 1.08. The van der Waals surface area contributed by atoms with Gasteiger partial charge in [0.25, 0.3) is 0 Å². The molecule has 28 heavy (non-hydrogen) atoms. The van der Waals surface area contributed by atoms with E-state index in [1.807, 2.05) is 36.5 Å². The van der Waals surface area contributed by atoms with E-state index < -0.39 is 0 Å². The Labute approximate surface area is 181 Å². The molecule has 0 rings (SSSR count). The molecule has 0 N–H and O–H groups in total. The summed E-state index contributed by atoms with van der Waals surface area (Å²) in [5.74, 6) is 0. The van der Waals surface area contributed by atoms with Crippen molar-refractivity contribution in [1.29, 1.82) is 0 Å². The van der Waals surface area contributed by atoms with E-state index in [2.05, 4.69) is 81.0 Å². The van der Waals surface area contributed by atoms with Crippen LogP contribution in [0.25, 0.3) is 0 Å². The summed E-state index contributed by atoms with van der Waals surface area (Å²) in [6.45, 7) is 33.7. The van der Waals surface area contributed by atoms with Crippen molar-refractivity contribution in [2.75, 3.05) is 0 Å². The van der Waals surface area contributed by atoms with Crippen LogP contribution in [0.2, 0.25) is 0 Å². The first-order chi connectivity index (χ1) is 13.5. The molecule has 0 saturated carbocycles. The molecule has 0 atom stereocenters. The molecule has 0 aliphatic carbocycles. The maximum Gasteiger partial charge on any atom is -0.0354 e. The third-order valence-electron chi connectivity index (χ3n) is 2.68. The molecule has 0 saturated heterocycles. The van der Waals surface area contributed by atoms with Gasteiger partial charge in [-0.1, -0.05) is 104 Å². The van der Waals surface area contributed by atoms with Crippen molar-refractivity contribution in [2.45, 2.75) is 106 Å². The van der Waals surface area contributed by atoms with E-state index in [9.17, 15) is 0 Å². The van der Waals surface area contributed by atoms with Crippen LogP contribution in [0.5, 0.6) is 0 Å². The van der Waals surface area contributed by atoms with Crippen LogP contribution in [-0.4, -0.2) is 0 Å². The molecule has 0 bridgehead atoms. The third-order valence-corrected chi connectivity index (χ3v) is 2.68. The van der Waals surface area contributed by atoms with Crippen LogP contribution < -0.4 is 0 Å². The molecule has 0 amide bonds. The van der Waals surface area contributed by atoms with Gasteiger partial charge < -0.3 is 0 Å². The highest BCUT2D eigenvalue weighted by Gasteiger charge is 1.71. The molecule has 0 fully saturated rings. The molecule has 0 heterocycles. The Balaban J connectivity index is -0.0000000525. The summed E-state index contributed by atoms with van der Waals surface area (Å²) in [5.41, 5.74) is 0. The Morgan fingerprint density at radius 2 is 0.571 bits per heavy atom. The molecular weight excluding hydrogens is 336 g/mol. The van der Waals surface area contributed by atoms with Gasteiger partial charge in [-0.2, -0.15) is 0 Å². The summed E-state index contributed by atoms with van der Waals surface area (Å²) in [7, 11) is 0. The van der Waals surface area contributed by atoms with Gasteiger partial charge in [-0.25, -0.2) is 0 Å². The monoisotopic (exact) mass is 392 g/mol. The molecule has 0 spiro atoms. The zero-order chi connectivity index (χ0) is 23.3. The van der Waals surface area contributed by atoms with Gasteiger partial charge in [0.05, 0.1) is 0 Å². The maximum absolute atomic E-state index is 3.60. The Morgan fingerprint density at radius 1 is 0.393 bits per heavy atom. The predicted molar refractivity (Wildman–Crippen MR) is 141 cm³/mol. The molecule has 0 aromatic heterocycles. The van der Waals surface area contributed by atoms with Gasteiger partial charge >= 0.3 is 0 Å². The second-order valence-electron chi connectivity index (χ2n) is 5.65. The number of unbranched alkanes of at least 4 members (excludes halogenated alkanes) is 4. The van der Waals surface area contributed by atoms with Crippen LogP contribution in [0.15, 0.2) is 75.9 Å². The quantitative estimate of drug-likeness (QED) is 0.256. The summed E-state index contributed by atoms with van der Waals surface area (Å²) < 4.78 is 0. The van der Waals surface area contributed by atoms with E-state index in [0.29, 0.717) is 0 Å². The second kappa shape index (κ2) is 72.9. The van der Waals surface area contributed by atoms with Crippen molar-refractivity contribution in [3.05, 3.63) is 75.9 Å². The van der Waals surface area contributed by atoms with Gasteiger partial charge in [0, 0.05) is 0 Å². The molecule has 0 aliphatic rings. The standard InChI is InChI=1S/2C6H12.4C4H8/c2*1-3-5-6-4-2;4*1-3-4-2/h2*3H,1,4-6H2,2H3;4*3H,1,4H2,2H3. The van der Waals surface area contributed by atoms with Crippen molar-refractivity contribution in [2.24, 2.45) is 0 Å². The molecule has 0 unspecified atom stereocenters. The van der Waals surface area contributed by atoms with E-state index in [-0.39, 0.29) is 0 Å². The number of allylic oxidation sites excluding steroid dienone is 6. The van der Waals surface area contributed by atoms with Crippen LogP contribution in [-0.2, 0) is 0 Å². The molecule has 0 aromatic rings. The maximum atomic E-state index is 3.60. The second-order valence-corrected chi connectivity index (χ2v) is 5.65. The fraction of sp³-hybridized carbons (Fsp3) is 0.571. The van der Waals surface area contributed by atoms with Gasteiger partial charge in [0.1, 0.15) is 0 Å². The molecule has 168 valence electrons. The largest absolute Gasteiger partial charge is 0.103 e. The number of rotatable bonds is 10. The molecule has 0 aromatic carbocycles. The lowest BCUT2D eigenvalue weighted by Crippen LogP contribution is -1.61. The summed E-state index contributed by atoms with van der Waals surface area (Å²) >= 11 is 0. The van der Waals surface area contributed by atoms with Gasteiger partial charge in [0.15, 0.2) is 0 Å². The summed E-state index contributed by atoms with van der Waals surface area (Å²) in [5, 5.41) is 0. The predicted octanol–water partition coefficient (Wildman–Crippen LogP) is 11.1. The van der Waals surface area contributed by atoms with Crippen molar-refractivity contribution in [3.63, 3.8) is 0 Å². The highest BCUT2D eigenvalue weighted by Crippen LogP contribution is 1.91. The summed E-state index contributed by atoms with van der Waals surface area (Å²) in [6.07, 6.45) is 23.3. The van der Waals surface area contributed by atoms with E-state index in [4.69, 9.17) is 0 Å². The van der Waals surface area contributed by atoms with Crippen molar-refractivity contribution in [1.82, 2.24) is 0 Å². The van der Waals surface area contributed by atoms with Gasteiger partial charge in [0.2, 0.25) is 0 Å². The van der Waals surface area contributed by atoms with Gasteiger partial charge in [-0.3, -0.25) is 0 Å². The van der Waals surface area contributed by atoms with Crippen molar-refractivity contribution in [3.8, 4) is 0 Å². The highest BCUT2D eigenvalue weighted by atomic mass is 13.8. The minimum absolute atomic E-state index is 1.08. The van der Waals surface area contributed by atoms with Crippen molar-refractivity contribution < 1.29 is 0 Å². The average Bonchev–Trinajstić information content (AvgIpc) is 2.77. The molecule has 0 radical (unpaired) electrons. The van der Waals surface area contributed by atoms with E-state index >= 15 is 0 Å². The average molecular weight is 393 g/mol. The van der Waals surface area contributed by atoms with Gasteiger partial charge in [-0.15, -0.1) is 39.5 Å². The van der Waals surface area contributed by atoms with Gasteiger partial charge in [-0.05, 0) is 38.5 Å². The zero-order valence-electron chi connectivity index (χ0n) is 20.8. The lowest BCUT2D eigenvalue weighted by Gasteiger charge is -1.81. The normalized spacial score (nSPS) is 7.07. The molecular formula is C28H56. The highest BCUT2D eigenvalue weighted by molar-refractivity contribution is 4.64. The Morgan fingerprint density at radius 3 is 0.607 bits per heavy atom. The first kappa shape index (κ1) is 41.0. The molecule has 0 nitrogen and oxygen atoms in total. The SMILES string of the molecule is C=CCC.C=CCC.C=CCC.C=CCC.C=CCCCC.C=CCCCC. The smallest absolute Gasteiger partial charge is 0.0354 e. The zero-order valence-corrected chi connectivity index (χ0v) is 20.8. The van der Waals surface area contributed by atoms with E-state index in [1.54, 1.807) is 0 Å². The number of hydrogen-bond donors (Lipinski definition) is 0. The van der Waals surface area contributed by atoms with Crippen molar-refractivity contribution >= 4 is 0 Å². The van der Waals surface area contributed by atoms with E-state index in [1.165, 1.54) is 38.5 Å². The van der Waals surface area contributed by atoms with Crippen LogP contribution in [0.1, 0.15) is 106 Å². The summed E-state index contributed by atoms with van der Waals surface area (Å²) in [6, 6.07) is 0.